The van der Waals surface area contributed by atoms with Gasteiger partial charge in [-0.3, -0.25) is 4.79 Å². The Balaban J connectivity index is 1.87. The minimum absolute atomic E-state index is 0.0167. The van der Waals surface area contributed by atoms with Crippen molar-refractivity contribution < 1.29 is 25.6 Å². The number of benzene rings is 2. The van der Waals surface area contributed by atoms with Gasteiger partial charge in [0, 0.05) is 17.3 Å². The molecule has 1 fully saturated rings. The zero-order valence-electron chi connectivity index (χ0n) is 23.0. The minimum Gasteiger partial charge on any atom is -0.421 e. The van der Waals surface area contributed by atoms with Crippen LogP contribution in [-0.4, -0.2) is 33.9 Å². The molecule has 0 spiro atoms. The highest BCUT2D eigenvalue weighted by Gasteiger charge is 2.32. The van der Waals surface area contributed by atoms with Crippen LogP contribution in [0.5, 0.6) is 0 Å². The molecule has 0 saturated heterocycles. The maximum Gasteiger partial charge on any atom is 0.341 e. The van der Waals surface area contributed by atoms with Gasteiger partial charge in [-0.05, 0) is 69.0 Å². The number of nitrogens with zero attached hydrogens (tertiary/aromatic N) is 2. The average molecular weight is 602 g/mol. The zero-order chi connectivity index (χ0) is 30.0. The number of hydrogen-bond donors (Lipinski definition) is 1. The maximum absolute atomic E-state index is 14.9. The number of rotatable bonds is 7. The van der Waals surface area contributed by atoms with Crippen molar-refractivity contribution in [2.75, 3.05) is 21.5 Å². The molecule has 4 aromatic rings. The van der Waals surface area contributed by atoms with Gasteiger partial charge in [-0.2, -0.15) is 3.71 Å². The van der Waals surface area contributed by atoms with Crippen LogP contribution in [0, 0.1) is 26.6 Å². The summed E-state index contributed by atoms with van der Waals surface area (Å²) in [6, 6.07) is 10.1. The molecule has 1 aliphatic rings. The summed E-state index contributed by atoms with van der Waals surface area (Å²) in [7, 11) is -8.47. The number of fused-ring (bicyclic) bond motifs is 1. The molecule has 0 atom stereocenters. The molecule has 0 amide bonds. The first-order valence-corrected chi connectivity index (χ1v) is 16.4. The fourth-order valence-electron chi connectivity index (χ4n) is 5.09. The number of hydrogen-bond acceptors (Lipinski definition) is 8. The Hall–Kier alpha value is -3.97. The van der Waals surface area contributed by atoms with Gasteiger partial charge in [0.15, 0.2) is 5.58 Å². The van der Waals surface area contributed by atoms with Crippen LogP contribution in [0.2, 0.25) is 0 Å². The fourth-order valence-corrected chi connectivity index (χ4v) is 8.05. The topological polar surface area (TPSA) is 136 Å². The molecule has 10 nitrogen and oxygen atoms in total. The maximum atomic E-state index is 14.9. The molecule has 1 aliphatic carbocycles. The monoisotopic (exact) mass is 601 g/mol. The van der Waals surface area contributed by atoms with E-state index in [0.29, 0.717) is 26.1 Å². The van der Waals surface area contributed by atoms with Crippen molar-refractivity contribution in [2.24, 2.45) is 0 Å². The van der Waals surface area contributed by atoms with E-state index in [4.69, 9.17) is 4.42 Å². The van der Waals surface area contributed by atoms with Crippen molar-refractivity contribution in [2.45, 2.75) is 39.7 Å². The number of sulfonamides is 2. The lowest BCUT2D eigenvalue weighted by Crippen LogP contribution is -2.35. The lowest BCUT2D eigenvalue weighted by atomic mass is 9.99. The summed E-state index contributed by atoms with van der Waals surface area (Å²) < 4.78 is 72.3. The second-order valence-electron chi connectivity index (χ2n) is 10.3. The van der Waals surface area contributed by atoms with E-state index in [-0.39, 0.29) is 39.6 Å². The first-order valence-electron chi connectivity index (χ1n) is 12.7. The number of anilines is 3. The van der Waals surface area contributed by atoms with Crippen LogP contribution < -0.4 is 20.2 Å². The first kappa shape index (κ1) is 28.6. The molecule has 2 heterocycles. The van der Waals surface area contributed by atoms with Gasteiger partial charge in [0.2, 0.25) is 20.0 Å². The van der Waals surface area contributed by atoms with Crippen molar-refractivity contribution in [3.8, 4) is 11.1 Å². The van der Waals surface area contributed by atoms with E-state index in [1.165, 1.54) is 37.3 Å². The zero-order valence-corrected chi connectivity index (χ0v) is 24.6. The Morgan fingerprint density at radius 1 is 0.976 bits per heavy atom. The van der Waals surface area contributed by atoms with Crippen molar-refractivity contribution >= 4 is 48.1 Å². The van der Waals surface area contributed by atoms with Gasteiger partial charge in [-0.15, -0.1) is 0 Å². The fraction of sp³-hybridized carbons (Fsp3) is 0.286. The van der Waals surface area contributed by atoms with Gasteiger partial charge in [0.05, 0.1) is 35.1 Å². The Bertz CT molecular complexity index is 2050. The van der Waals surface area contributed by atoms with Crippen molar-refractivity contribution in [1.29, 1.82) is 0 Å². The molecule has 0 aliphatic heterocycles. The van der Waals surface area contributed by atoms with Crippen molar-refractivity contribution in [1.82, 2.24) is 4.57 Å². The number of aromatic nitrogens is 1. The average Bonchev–Trinajstić information content (AvgIpc) is 3.67. The van der Waals surface area contributed by atoms with Crippen LogP contribution in [-0.2, 0) is 20.0 Å². The SMILES string of the molecule is Cc1ccc(Nc2c(C)c(=O)oc3c(-c4cccc(N(S(C)(=O)=O)S(C)(=O)=O)c4)c(C)n(C4CC4)c(=O)c23)c(F)c1. The first-order chi connectivity index (χ1) is 19.1. The predicted octanol–water partition coefficient (Wildman–Crippen LogP) is 4.49. The Morgan fingerprint density at radius 3 is 2.22 bits per heavy atom. The van der Waals surface area contributed by atoms with Gasteiger partial charge >= 0.3 is 5.63 Å². The highest BCUT2D eigenvalue weighted by Crippen LogP contribution is 2.41. The molecular weight excluding hydrogens is 573 g/mol. The van der Waals surface area contributed by atoms with E-state index in [1.54, 1.807) is 30.5 Å². The van der Waals surface area contributed by atoms with Crippen molar-refractivity contribution in [3.63, 3.8) is 0 Å². The molecule has 0 unspecified atom stereocenters. The predicted molar refractivity (Wildman–Crippen MR) is 157 cm³/mol. The number of nitrogens with one attached hydrogen (secondary N) is 1. The molecule has 5 rings (SSSR count). The number of pyridine rings is 1. The smallest absolute Gasteiger partial charge is 0.341 e. The quantitative estimate of drug-likeness (QED) is 0.327. The van der Waals surface area contributed by atoms with Crippen LogP contribution in [0.1, 0.15) is 35.7 Å². The second-order valence-corrected chi connectivity index (χ2v) is 14.2. The second kappa shape index (κ2) is 9.84. The van der Waals surface area contributed by atoms with Crippen molar-refractivity contribution in [3.05, 3.63) is 85.9 Å². The Morgan fingerprint density at radius 2 is 1.63 bits per heavy atom. The summed E-state index contributed by atoms with van der Waals surface area (Å²) in [5, 5.41) is 2.95. The van der Waals surface area contributed by atoms with E-state index >= 15 is 0 Å². The minimum atomic E-state index is -4.24. The Kier molecular flexibility index (Phi) is 6.85. The van der Waals surface area contributed by atoms with Crippen LogP contribution in [0.25, 0.3) is 22.1 Å². The largest absolute Gasteiger partial charge is 0.421 e. The third-order valence-electron chi connectivity index (χ3n) is 6.98. The lowest BCUT2D eigenvalue weighted by molar-refractivity contribution is 0.553. The normalized spacial score (nSPS) is 13.9. The summed E-state index contributed by atoms with van der Waals surface area (Å²) in [6.07, 6.45) is 3.04. The van der Waals surface area contributed by atoms with Gasteiger partial charge in [-0.25, -0.2) is 26.0 Å². The molecule has 216 valence electrons. The highest BCUT2D eigenvalue weighted by molar-refractivity contribution is 8.09. The van der Waals surface area contributed by atoms with Crippen LogP contribution in [0.4, 0.5) is 21.5 Å². The summed E-state index contributed by atoms with van der Waals surface area (Å²) in [5.74, 6) is -0.574. The van der Waals surface area contributed by atoms with Crippen LogP contribution in [0.15, 0.2) is 56.5 Å². The van der Waals surface area contributed by atoms with E-state index in [0.717, 1.165) is 25.4 Å². The summed E-state index contributed by atoms with van der Waals surface area (Å²) in [4.78, 5) is 27.0. The van der Waals surface area contributed by atoms with Crippen LogP contribution >= 0.6 is 0 Å². The molecule has 1 saturated carbocycles. The molecule has 1 N–H and O–H groups in total. The molecule has 2 aromatic heterocycles. The molecule has 13 heteroatoms. The summed E-state index contributed by atoms with van der Waals surface area (Å²) in [5.41, 5.74) is 0.541. The molecule has 0 bridgehead atoms. The highest BCUT2D eigenvalue weighted by atomic mass is 32.3. The molecule has 2 aromatic carbocycles. The molecule has 0 radical (unpaired) electrons. The third kappa shape index (κ3) is 5.15. The van der Waals surface area contributed by atoms with Gasteiger partial charge in [-0.1, -0.05) is 18.2 Å². The van der Waals surface area contributed by atoms with E-state index < -0.39 is 37.0 Å². The summed E-state index contributed by atoms with van der Waals surface area (Å²) >= 11 is 0. The lowest BCUT2D eigenvalue weighted by Gasteiger charge is -2.22. The van der Waals surface area contributed by atoms with E-state index in [2.05, 4.69) is 5.32 Å². The van der Waals surface area contributed by atoms with Gasteiger partial charge < -0.3 is 14.3 Å². The van der Waals surface area contributed by atoms with E-state index in [9.17, 15) is 30.8 Å². The van der Waals surface area contributed by atoms with Gasteiger partial charge in [0.25, 0.3) is 5.56 Å². The van der Waals surface area contributed by atoms with Gasteiger partial charge in [0.1, 0.15) is 11.2 Å². The third-order valence-corrected chi connectivity index (χ3v) is 10.2. The molecule has 41 heavy (non-hydrogen) atoms. The number of halogens is 1. The molecular formula is C28H28FN3O7S2. The summed E-state index contributed by atoms with van der Waals surface area (Å²) in [6.45, 7) is 4.88. The van der Waals surface area contributed by atoms with E-state index in [1.807, 2.05) is 0 Å². The standard InChI is InChI=1S/C28H28FN3O7S2/c1-15-9-12-22(21(29)13-15)30-25-16(2)28(34)39-26-23(17(3)31(19-10-11-19)27(33)24(25)26)18-7-6-8-20(14-18)32(40(4,35)36)41(5,37)38/h6-9,12-14,19,30H,10-11H2,1-5H3. The number of aryl methyl sites for hydroxylation is 1. The van der Waals surface area contributed by atoms with Crippen LogP contribution in [0.3, 0.4) is 0 Å². The Labute approximate surface area is 236 Å².